The minimum Gasteiger partial charge on any atom is -0.468 e. The van der Waals surface area contributed by atoms with Crippen LogP contribution in [0.5, 0.6) is 5.88 Å². The second-order valence-corrected chi connectivity index (χ2v) is 5.15. The first-order chi connectivity index (χ1) is 10.2. The number of nitrogens with zero attached hydrogens (tertiary/aromatic N) is 1. The Morgan fingerprint density at radius 1 is 1.32 bits per heavy atom. The number of amides is 1. The van der Waals surface area contributed by atoms with E-state index in [2.05, 4.69) is 15.0 Å². The number of hydrogen-bond acceptors (Lipinski definition) is 4. The summed E-state index contributed by atoms with van der Waals surface area (Å²) in [4.78, 5) is 15.5. The number of nitrogens with one attached hydrogen (secondary N) is 1. The summed E-state index contributed by atoms with van der Waals surface area (Å²) in [6, 6.07) is 2.66. The van der Waals surface area contributed by atoms with Gasteiger partial charge in [-0.25, -0.2) is 4.98 Å². The summed E-state index contributed by atoms with van der Waals surface area (Å²) < 4.78 is 45.8. The highest BCUT2D eigenvalue weighted by Crippen LogP contribution is 2.18. The fraction of sp³-hybridized carbons (Fsp3) is 0.571. The van der Waals surface area contributed by atoms with Crippen LogP contribution < -0.4 is 10.1 Å². The van der Waals surface area contributed by atoms with Crippen molar-refractivity contribution in [3.8, 4) is 5.88 Å². The van der Waals surface area contributed by atoms with Gasteiger partial charge in [0.15, 0.2) is 6.61 Å². The Morgan fingerprint density at radius 3 is 2.50 bits per heavy atom. The molecule has 0 saturated carbocycles. The van der Waals surface area contributed by atoms with Crippen molar-refractivity contribution in [2.75, 3.05) is 18.5 Å². The molecule has 1 amide bonds. The van der Waals surface area contributed by atoms with Crippen LogP contribution in [0.1, 0.15) is 20.8 Å². The van der Waals surface area contributed by atoms with E-state index in [0.717, 1.165) is 0 Å². The smallest absolute Gasteiger partial charge is 0.422 e. The molecule has 0 aromatic carbocycles. The normalized spacial score (nSPS) is 13.0. The maximum Gasteiger partial charge on any atom is 0.422 e. The highest BCUT2D eigenvalue weighted by molar-refractivity contribution is 5.93. The number of ether oxygens (including phenoxy) is 2. The molecule has 1 aromatic heterocycles. The van der Waals surface area contributed by atoms with E-state index < -0.39 is 18.9 Å². The van der Waals surface area contributed by atoms with Gasteiger partial charge in [0.25, 0.3) is 5.91 Å². The number of hydrogen-bond donors (Lipinski definition) is 1. The van der Waals surface area contributed by atoms with Gasteiger partial charge in [0.1, 0.15) is 6.10 Å². The molecule has 0 aliphatic rings. The Balaban J connectivity index is 2.48. The molecule has 124 valence electrons. The van der Waals surface area contributed by atoms with E-state index in [9.17, 15) is 18.0 Å². The van der Waals surface area contributed by atoms with Gasteiger partial charge < -0.3 is 14.8 Å². The van der Waals surface area contributed by atoms with Crippen LogP contribution in [0.15, 0.2) is 18.3 Å². The molecule has 0 aliphatic heterocycles. The lowest BCUT2D eigenvalue weighted by Gasteiger charge is -2.15. The van der Waals surface area contributed by atoms with Crippen molar-refractivity contribution in [1.82, 2.24) is 4.98 Å². The summed E-state index contributed by atoms with van der Waals surface area (Å²) in [6.45, 7) is 4.59. The number of rotatable bonds is 7. The number of halogens is 3. The summed E-state index contributed by atoms with van der Waals surface area (Å²) in [5.74, 6) is -0.215. The molecule has 0 spiro atoms. The second-order valence-electron chi connectivity index (χ2n) is 5.15. The number of carbonyl (C=O) groups excluding carboxylic acids is 1. The largest absolute Gasteiger partial charge is 0.468 e. The molecule has 8 heteroatoms. The maximum absolute atomic E-state index is 12.0. The standard InChI is InChI=1S/C14H19F3N2O3/c1-9(2)7-21-10(3)13(20)19-11-4-5-12(18-6-11)22-8-14(15,16)17/h4-6,9-10H,7-8H2,1-3H3,(H,19,20). The Bertz CT molecular complexity index is 475. The quantitative estimate of drug-likeness (QED) is 0.839. The van der Waals surface area contributed by atoms with E-state index in [1.54, 1.807) is 6.92 Å². The summed E-state index contributed by atoms with van der Waals surface area (Å²) in [5, 5.41) is 2.56. The van der Waals surface area contributed by atoms with Crippen LogP contribution in [0.2, 0.25) is 0 Å². The predicted molar refractivity (Wildman–Crippen MR) is 74.7 cm³/mol. The van der Waals surface area contributed by atoms with Crippen molar-refractivity contribution in [1.29, 1.82) is 0 Å². The number of anilines is 1. The van der Waals surface area contributed by atoms with Gasteiger partial charge in [0.05, 0.1) is 11.9 Å². The summed E-state index contributed by atoms with van der Waals surface area (Å²) >= 11 is 0. The molecular formula is C14H19F3N2O3. The Hall–Kier alpha value is -1.83. The molecule has 5 nitrogen and oxygen atoms in total. The maximum atomic E-state index is 12.0. The lowest BCUT2D eigenvalue weighted by Crippen LogP contribution is -2.29. The third-order valence-corrected chi connectivity index (χ3v) is 2.44. The van der Waals surface area contributed by atoms with E-state index in [1.165, 1.54) is 18.3 Å². The summed E-state index contributed by atoms with van der Waals surface area (Å²) in [5.41, 5.74) is 0.351. The minimum atomic E-state index is -4.42. The zero-order valence-electron chi connectivity index (χ0n) is 12.6. The highest BCUT2D eigenvalue weighted by Gasteiger charge is 2.28. The third-order valence-electron chi connectivity index (χ3n) is 2.44. The molecule has 0 aliphatic carbocycles. The molecule has 1 heterocycles. The average molecular weight is 320 g/mol. The predicted octanol–water partition coefficient (Wildman–Crippen LogP) is 3.02. The van der Waals surface area contributed by atoms with Crippen molar-refractivity contribution in [2.24, 2.45) is 5.92 Å². The Kier molecular flexibility index (Phi) is 6.61. The molecular weight excluding hydrogens is 301 g/mol. The second kappa shape index (κ2) is 7.98. The number of pyridine rings is 1. The van der Waals surface area contributed by atoms with Gasteiger partial charge in [0, 0.05) is 12.7 Å². The van der Waals surface area contributed by atoms with E-state index >= 15 is 0 Å². The van der Waals surface area contributed by atoms with E-state index in [-0.39, 0.29) is 11.8 Å². The van der Waals surface area contributed by atoms with Gasteiger partial charge in [-0.2, -0.15) is 13.2 Å². The fourth-order valence-corrected chi connectivity index (χ4v) is 1.35. The van der Waals surface area contributed by atoms with Gasteiger partial charge in [-0.05, 0) is 18.9 Å². The first-order valence-electron chi connectivity index (χ1n) is 6.75. The molecule has 0 bridgehead atoms. The zero-order chi connectivity index (χ0) is 16.8. The van der Waals surface area contributed by atoms with Gasteiger partial charge >= 0.3 is 6.18 Å². The first-order valence-corrected chi connectivity index (χ1v) is 6.75. The fourth-order valence-electron chi connectivity index (χ4n) is 1.35. The van der Waals surface area contributed by atoms with Crippen molar-refractivity contribution < 1.29 is 27.4 Å². The van der Waals surface area contributed by atoms with Gasteiger partial charge in [0.2, 0.25) is 5.88 Å². The molecule has 0 fully saturated rings. The molecule has 1 rings (SSSR count). The molecule has 0 radical (unpaired) electrons. The molecule has 1 aromatic rings. The average Bonchev–Trinajstić information content (AvgIpc) is 2.43. The zero-order valence-corrected chi connectivity index (χ0v) is 12.6. The minimum absolute atomic E-state index is 0.167. The van der Waals surface area contributed by atoms with Crippen molar-refractivity contribution >= 4 is 11.6 Å². The van der Waals surface area contributed by atoms with Gasteiger partial charge in [-0.1, -0.05) is 13.8 Å². The van der Waals surface area contributed by atoms with E-state index in [1.807, 2.05) is 13.8 Å². The van der Waals surface area contributed by atoms with E-state index in [0.29, 0.717) is 18.2 Å². The molecule has 0 saturated heterocycles. The SMILES string of the molecule is CC(C)COC(C)C(=O)Nc1ccc(OCC(F)(F)F)nc1. The van der Waals surface area contributed by atoms with Crippen LogP contribution in [-0.2, 0) is 9.53 Å². The van der Waals surface area contributed by atoms with Crippen molar-refractivity contribution in [3.05, 3.63) is 18.3 Å². The summed E-state index contributed by atoms with van der Waals surface area (Å²) in [7, 11) is 0. The van der Waals surface area contributed by atoms with E-state index in [4.69, 9.17) is 4.74 Å². The Morgan fingerprint density at radius 2 is 2.00 bits per heavy atom. The summed E-state index contributed by atoms with van der Waals surface area (Å²) in [6.07, 6.45) is -3.83. The monoisotopic (exact) mass is 320 g/mol. The van der Waals surface area contributed by atoms with Crippen LogP contribution in [0.3, 0.4) is 0 Å². The lowest BCUT2D eigenvalue weighted by molar-refractivity contribution is -0.154. The number of alkyl halides is 3. The van der Waals surface area contributed by atoms with Gasteiger partial charge in [-0.3, -0.25) is 4.79 Å². The van der Waals surface area contributed by atoms with Crippen molar-refractivity contribution in [2.45, 2.75) is 33.1 Å². The third kappa shape index (κ3) is 7.26. The van der Waals surface area contributed by atoms with Gasteiger partial charge in [-0.15, -0.1) is 0 Å². The van der Waals surface area contributed by atoms with Crippen LogP contribution in [0, 0.1) is 5.92 Å². The topological polar surface area (TPSA) is 60.5 Å². The number of aromatic nitrogens is 1. The highest BCUT2D eigenvalue weighted by atomic mass is 19.4. The number of carbonyl (C=O) groups is 1. The van der Waals surface area contributed by atoms with Crippen LogP contribution >= 0.6 is 0 Å². The lowest BCUT2D eigenvalue weighted by atomic mass is 10.2. The van der Waals surface area contributed by atoms with Crippen LogP contribution in [-0.4, -0.2) is 36.4 Å². The molecule has 1 atom stereocenters. The molecule has 1 N–H and O–H groups in total. The molecule has 1 unspecified atom stereocenters. The first kappa shape index (κ1) is 18.2. The van der Waals surface area contributed by atoms with Crippen molar-refractivity contribution in [3.63, 3.8) is 0 Å². The Labute approximate surface area is 126 Å². The van der Waals surface area contributed by atoms with Crippen LogP contribution in [0.4, 0.5) is 18.9 Å². The van der Waals surface area contributed by atoms with Crippen LogP contribution in [0.25, 0.3) is 0 Å². The molecule has 22 heavy (non-hydrogen) atoms.